The molecule has 0 atom stereocenters. The number of benzene rings is 1. The zero-order valence-corrected chi connectivity index (χ0v) is 17.8. The van der Waals surface area contributed by atoms with E-state index in [1.165, 1.54) is 11.1 Å². The minimum absolute atomic E-state index is 0. The molecule has 0 radical (unpaired) electrons. The van der Waals surface area contributed by atoms with Crippen LogP contribution in [0.4, 0.5) is 10.5 Å². The third-order valence-electron chi connectivity index (χ3n) is 6.71. The van der Waals surface area contributed by atoms with Crippen molar-refractivity contribution in [2.24, 2.45) is 5.92 Å². The lowest BCUT2D eigenvalue weighted by atomic mass is 9.83. The third-order valence-corrected chi connectivity index (χ3v) is 6.71. The minimum Gasteiger partial charge on any atom is -0.481 e. The number of hydrogen-bond donors (Lipinski definition) is 2. The third kappa shape index (κ3) is 5.04. The molecular formula is C22H32ClN3O3. The summed E-state index contributed by atoms with van der Waals surface area (Å²) < 4.78 is 0. The second-order valence-electron chi connectivity index (χ2n) is 8.44. The molecule has 6 nitrogen and oxygen atoms in total. The number of urea groups is 1. The van der Waals surface area contributed by atoms with Crippen LogP contribution in [0.25, 0.3) is 0 Å². The Labute approximate surface area is 179 Å². The van der Waals surface area contributed by atoms with Crippen molar-refractivity contribution in [1.82, 2.24) is 10.2 Å². The Balaban J connectivity index is 0.00000240. The number of anilines is 1. The van der Waals surface area contributed by atoms with Gasteiger partial charge >= 0.3 is 12.0 Å². The van der Waals surface area contributed by atoms with E-state index in [2.05, 4.69) is 28.4 Å². The molecule has 0 bridgehead atoms. The lowest BCUT2D eigenvalue weighted by Crippen LogP contribution is -2.41. The number of carboxylic acids is 1. The molecule has 0 aromatic heterocycles. The number of halogens is 1. The van der Waals surface area contributed by atoms with Crippen molar-refractivity contribution in [3.63, 3.8) is 0 Å². The van der Waals surface area contributed by atoms with E-state index in [0.29, 0.717) is 12.0 Å². The standard InChI is InChI=1S/C22H31N3O3.ClH/c26-21(27)8-3-16-1-5-19(6-2-16)24-13-14-25(22(24)28)20-7-4-17-9-11-23-12-10-18(17)15-20;/h4,7,15-16,19,23H,1-3,5-6,8-14H2,(H,26,27);1H. The van der Waals surface area contributed by atoms with Crippen LogP contribution in [0.5, 0.6) is 0 Å². The van der Waals surface area contributed by atoms with Gasteiger partial charge in [-0.25, -0.2) is 4.79 Å². The van der Waals surface area contributed by atoms with E-state index in [-0.39, 0.29) is 24.9 Å². The van der Waals surface area contributed by atoms with Crippen LogP contribution in [0.2, 0.25) is 0 Å². The quantitative estimate of drug-likeness (QED) is 0.763. The fourth-order valence-corrected chi connectivity index (χ4v) is 5.03. The van der Waals surface area contributed by atoms with E-state index in [1.54, 1.807) is 0 Å². The first kappa shape index (κ1) is 21.9. The largest absolute Gasteiger partial charge is 0.481 e. The van der Waals surface area contributed by atoms with Crippen molar-refractivity contribution < 1.29 is 14.7 Å². The Morgan fingerprint density at radius 2 is 1.79 bits per heavy atom. The van der Waals surface area contributed by atoms with Crippen molar-refractivity contribution in [3.05, 3.63) is 29.3 Å². The maximum Gasteiger partial charge on any atom is 0.324 e. The summed E-state index contributed by atoms with van der Waals surface area (Å²) in [7, 11) is 0. The Kier molecular flexibility index (Phi) is 7.41. The van der Waals surface area contributed by atoms with Gasteiger partial charge < -0.3 is 15.3 Å². The van der Waals surface area contributed by atoms with Crippen LogP contribution in [0.3, 0.4) is 0 Å². The molecule has 1 saturated heterocycles. The second-order valence-corrected chi connectivity index (χ2v) is 8.44. The monoisotopic (exact) mass is 421 g/mol. The number of fused-ring (bicyclic) bond motifs is 1. The molecule has 0 spiro atoms. The number of carboxylic acid groups (broad SMARTS) is 1. The van der Waals surface area contributed by atoms with E-state index in [4.69, 9.17) is 5.11 Å². The Hall–Kier alpha value is -1.79. The summed E-state index contributed by atoms with van der Waals surface area (Å²) in [5.74, 6) is -0.205. The molecule has 160 valence electrons. The topological polar surface area (TPSA) is 72.9 Å². The number of carbonyl (C=O) groups is 2. The molecule has 2 aliphatic heterocycles. The normalized spacial score (nSPS) is 24.6. The van der Waals surface area contributed by atoms with Crippen LogP contribution in [-0.2, 0) is 17.6 Å². The number of nitrogens with one attached hydrogen (secondary N) is 1. The van der Waals surface area contributed by atoms with Gasteiger partial charge in [-0.1, -0.05) is 6.07 Å². The van der Waals surface area contributed by atoms with Crippen LogP contribution in [0.15, 0.2) is 18.2 Å². The molecule has 1 aromatic carbocycles. The highest BCUT2D eigenvalue weighted by Gasteiger charge is 2.36. The second kappa shape index (κ2) is 9.81. The van der Waals surface area contributed by atoms with Gasteiger partial charge in [0.1, 0.15) is 0 Å². The molecule has 1 aliphatic carbocycles. The minimum atomic E-state index is -0.705. The molecule has 2 amide bonds. The molecule has 7 heteroatoms. The number of aliphatic carboxylic acids is 1. The molecule has 4 rings (SSSR count). The summed E-state index contributed by atoms with van der Waals surface area (Å²) >= 11 is 0. The van der Waals surface area contributed by atoms with Crippen molar-refractivity contribution >= 4 is 30.1 Å². The van der Waals surface area contributed by atoms with E-state index < -0.39 is 5.97 Å². The average molecular weight is 422 g/mol. The predicted octanol–water partition coefficient (Wildman–Crippen LogP) is 3.46. The molecule has 2 heterocycles. The van der Waals surface area contributed by atoms with Gasteiger partial charge in [-0.3, -0.25) is 9.69 Å². The first-order valence-electron chi connectivity index (χ1n) is 10.7. The van der Waals surface area contributed by atoms with Gasteiger partial charge in [-0.05, 0) is 87.2 Å². The molecule has 1 aromatic rings. The maximum atomic E-state index is 13.1. The Bertz CT molecular complexity index is 734. The summed E-state index contributed by atoms with van der Waals surface area (Å²) in [4.78, 5) is 27.9. The Morgan fingerprint density at radius 3 is 2.52 bits per heavy atom. The number of carbonyl (C=O) groups excluding carboxylic acids is 1. The van der Waals surface area contributed by atoms with Crippen LogP contribution in [0, 0.1) is 5.92 Å². The van der Waals surface area contributed by atoms with Gasteiger partial charge in [-0.2, -0.15) is 0 Å². The smallest absolute Gasteiger partial charge is 0.324 e. The first-order valence-corrected chi connectivity index (χ1v) is 10.7. The van der Waals surface area contributed by atoms with Gasteiger partial charge in [0.2, 0.25) is 0 Å². The van der Waals surface area contributed by atoms with Gasteiger partial charge in [0.15, 0.2) is 0 Å². The SMILES string of the molecule is Cl.O=C(O)CCC1CCC(N2CCN(c3ccc4c(c3)CCNCC4)C2=O)CC1. The Morgan fingerprint density at radius 1 is 1.07 bits per heavy atom. The molecule has 0 unspecified atom stereocenters. The van der Waals surface area contributed by atoms with E-state index >= 15 is 0 Å². The summed E-state index contributed by atoms with van der Waals surface area (Å²) in [5, 5.41) is 12.3. The lowest BCUT2D eigenvalue weighted by molar-refractivity contribution is -0.137. The van der Waals surface area contributed by atoms with Crippen molar-refractivity contribution in [2.45, 2.75) is 57.4 Å². The highest BCUT2D eigenvalue weighted by Crippen LogP contribution is 2.33. The van der Waals surface area contributed by atoms with Crippen LogP contribution < -0.4 is 10.2 Å². The first-order chi connectivity index (χ1) is 13.6. The number of hydrogen-bond acceptors (Lipinski definition) is 3. The number of amides is 2. The molecule has 3 aliphatic rings. The van der Waals surface area contributed by atoms with Crippen LogP contribution in [0.1, 0.15) is 49.7 Å². The van der Waals surface area contributed by atoms with Crippen molar-refractivity contribution in [1.29, 1.82) is 0 Å². The fraction of sp³-hybridized carbons (Fsp3) is 0.636. The average Bonchev–Trinajstić information content (AvgIpc) is 2.93. The summed E-state index contributed by atoms with van der Waals surface area (Å²) in [5.41, 5.74) is 3.80. The van der Waals surface area contributed by atoms with Crippen molar-refractivity contribution in [2.75, 3.05) is 31.1 Å². The van der Waals surface area contributed by atoms with Crippen molar-refractivity contribution in [3.8, 4) is 0 Å². The van der Waals surface area contributed by atoms with E-state index in [9.17, 15) is 9.59 Å². The highest BCUT2D eigenvalue weighted by molar-refractivity contribution is 5.94. The molecule has 1 saturated carbocycles. The molecular weight excluding hydrogens is 390 g/mol. The fourth-order valence-electron chi connectivity index (χ4n) is 5.03. The zero-order valence-electron chi connectivity index (χ0n) is 16.9. The van der Waals surface area contributed by atoms with Crippen LogP contribution in [-0.4, -0.2) is 54.2 Å². The number of rotatable bonds is 5. The summed E-state index contributed by atoms with van der Waals surface area (Å²) in [6.45, 7) is 3.58. The van der Waals surface area contributed by atoms with Gasteiger partial charge in [0, 0.05) is 31.2 Å². The van der Waals surface area contributed by atoms with E-state index in [0.717, 1.165) is 76.8 Å². The molecule has 2 N–H and O–H groups in total. The van der Waals surface area contributed by atoms with Gasteiger partial charge in [0.25, 0.3) is 0 Å². The molecule has 29 heavy (non-hydrogen) atoms. The lowest BCUT2D eigenvalue weighted by Gasteiger charge is -2.34. The van der Waals surface area contributed by atoms with Gasteiger partial charge in [-0.15, -0.1) is 12.4 Å². The maximum absolute atomic E-state index is 13.1. The summed E-state index contributed by atoms with van der Waals surface area (Å²) in [6.07, 6.45) is 7.18. The summed E-state index contributed by atoms with van der Waals surface area (Å²) in [6, 6.07) is 6.96. The zero-order chi connectivity index (χ0) is 19.5. The van der Waals surface area contributed by atoms with Gasteiger partial charge in [0.05, 0.1) is 0 Å². The highest BCUT2D eigenvalue weighted by atomic mass is 35.5. The predicted molar refractivity (Wildman–Crippen MR) is 116 cm³/mol. The number of nitrogens with zero attached hydrogens (tertiary/aromatic N) is 2. The van der Waals surface area contributed by atoms with Crippen LogP contribution >= 0.6 is 12.4 Å². The van der Waals surface area contributed by atoms with E-state index in [1.807, 2.05) is 4.90 Å². The molecule has 2 fully saturated rings.